The first-order chi connectivity index (χ1) is 37.5. The number of carbonyl (C=O) groups is 5. The predicted molar refractivity (Wildman–Crippen MR) is 290 cm³/mol. The third kappa shape index (κ3) is 17.7. The number of anilines is 1. The van der Waals surface area contributed by atoms with Gasteiger partial charge in [-0.2, -0.15) is 0 Å². The van der Waals surface area contributed by atoms with Gasteiger partial charge in [0.15, 0.2) is 0 Å². The van der Waals surface area contributed by atoms with Crippen LogP contribution in [0.1, 0.15) is 73.0 Å². The number of β-amino-alcohol motifs (C(OH)–C–C–N with tert-alkyl or cyclic N) is 2. The van der Waals surface area contributed by atoms with Crippen molar-refractivity contribution in [2.45, 2.75) is 90.4 Å². The van der Waals surface area contributed by atoms with E-state index in [4.69, 9.17) is 23.7 Å². The maximum absolute atomic E-state index is 14.0. The van der Waals surface area contributed by atoms with E-state index in [2.05, 4.69) is 53.3 Å². The third-order valence-electron chi connectivity index (χ3n) is 13.7. The standard InChI is InChI=1S/C55H76N10O12S/c1-36(38-10-12-40(13-11-38)50-37(2)59-35-78-50)60-53(71)46-24-43(66)31-65(46)54(72)51(55(3,4)5)62-48(68)32-76-22-20-74-18-16-73-17-19-75-21-23-77-33-49(69)64-28-42(29-64)61-47-25-45(57-34-58-47)52(70)56-26-44(67)30-63-15-14-39-8-6-7-9-41(39)27-63/h6-13,25,34-36,42-44,46,51,66-67H,14-24,26-33H2,1-5H3,(H,56,70)(H,60,71)(H,62,68)(H,57,58,61)/t36-,43-,44-,46+,51+/m0/s1. The van der Waals surface area contributed by atoms with Crippen LogP contribution < -0.4 is 21.3 Å². The maximum atomic E-state index is 14.0. The van der Waals surface area contributed by atoms with E-state index in [-0.39, 0.29) is 88.7 Å². The number of hydrogen-bond acceptors (Lipinski definition) is 18. The van der Waals surface area contributed by atoms with Crippen LogP contribution in [-0.4, -0.2) is 205 Å². The molecule has 0 spiro atoms. The normalized spacial score (nSPS) is 17.9. The first kappa shape index (κ1) is 59.6. The second-order valence-electron chi connectivity index (χ2n) is 20.9. The lowest BCUT2D eigenvalue weighted by atomic mass is 9.85. The minimum atomic E-state index is -0.988. The van der Waals surface area contributed by atoms with Crippen LogP contribution >= 0.6 is 11.3 Å². The minimum Gasteiger partial charge on any atom is -0.391 e. The summed E-state index contributed by atoms with van der Waals surface area (Å²) in [6, 6.07) is 15.4. The molecule has 6 N–H and O–H groups in total. The van der Waals surface area contributed by atoms with Crippen molar-refractivity contribution >= 4 is 46.7 Å². The molecule has 0 saturated carbocycles. The summed E-state index contributed by atoms with van der Waals surface area (Å²) >= 11 is 1.57. The number of aryl methyl sites for hydroxylation is 1. The van der Waals surface area contributed by atoms with Crippen LogP contribution in [0.2, 0.25) is 0 Å². The van der Waals surface area contributed by atoms with Gasteiger partial charge in [-0.1, -0.05) is 69.3 Å². The number of fused-ring (bicyclic) bond motifs is 1. The molecule has 0 aliphatic carbocycles. The van der Waals surface area contributed by atoms with Crippen molar-refractivity contribution in [3.63, 3.8) is 0 Å². The van der Waals surface area contributed by atoms with Crippen molar-refractivity contribution in [3.8, 4) is 10.4 Å². The molecule has 2 saturated heterocycles. The third-order valence-corrected chi connectivity index (χ3v) is 14.6. The minimum absolute atomic E-state index is 0.0346. The highest BCUT2D eigenvalue weighted by atomic mass is 32.1. The van der Waals surface area contributed by atoms with Gasteiger partial charge in [0.1, 0.15) is 43.1 Å². The second kappa shape index (κ2) is 29.3. The quantitative estimate of drug-likeness (QED) is 0.0425. The average molecular weight is 1100 g/mol. The van der Waals surface area contributed by atoms with Crippen LogP contribution in [0.5, 0.6) is 0 Å². The molecular weight excluding hydrogens is 1020 g/mol. The lowest BCUT2D eigenvalue weighted by molar-refractivity contribution is -0.144. The summed E-state index contributed by atoms with van der Waals surface area (Å²) in [6.45, 7) is 14.1. The average Bonchev–Trinajstić information content (AvgIpc) is 4.05. The second-order valence-corrected chi connectivity index (χ2v) is 21.7. The Labute approximate surface area is 459 Å². The Morgan fingerprint density at radius 2 is 1.47 bits per heavy atom. The van der Waals surface area contributed by atoms with Crippen molar-refractivity contribution in [1.82, 2.24) is 45.6 Å². The molecule has 7 rings (SSSR count). The van der Waals surface area contributed by atoms with Gasteiger partial charge in [-0.3, -0.25) is 28.9 Å². The molecular formula is C55H76N10O12S. The molecule has 22 nitrogen and oxygen atoms in total. The Balaban J connectivity index is 0.671. The fourth-order valence-corrected chi connectivity index (χ4v) is 10.1. The molecule has 3 aliphatic heterocycles. The number of rotatable bonds is 29. The smallest absolute Gasteiger partial charge is 0.270 e. The maximum Gasteiger partial charge on any atom is 0.270 e. The number of aliphatic hydroxyl groups excluding tert-OH is 2. The lowest BCUT2D eigenvalue weighted by Crippen LogP contribution is -2.58. The number of benzene rings is 2. The van der Waals surface area contributed by atoms with Crippen molar-refractivity contribution in [2.75, 3.05) is 111 Å². The van der Waals surface area contributed by atoms with Crippen molar-refractivity contribution in [1.29, 1.82) is 0 Å². The summed E-state index contributed by atoms with van der Waals surface area (Å²) in [5.74, 6) is -1.44. The van der Waals surface area contributed by atoms with E-state index in [0.29, 0.717) is 51.9 Å². The molecule has 0 unspecified atom stereocenters. The Morgan fingerprint density at radius 1 is 0.821 bits per heavy atom. The molecule has 2 aromatic carbocycles. The zero-order chi connectivity index (χ0) is 55.6. The number of hydrogen-bond donors (Lipinski definition) is 6. The van der Waals surface area contributed by atoms with Gasteiger partial charge >= 0.3 is 0 Å². The van der Waals surface area contributed by atoms with E-state index >= 15 is 0 Å². The van der Waals surface area contributed by atoms with Gasteiger partial charge in [0.25, 0.3) is 5.91 Å². The van der Waals surface area contributed by atoms with Crippen LogP contribution in [0.25, 0.3) is 10.4 Å². The number of thiazole rings is 1. The van der Waals surface area contributed by atoms with Gasteiger partial charge in [0.2, 0.25) is 23.6 Å². The van der Waals surface area contributed by atoms with Crippen LogP contribution in [0, 0.1) is 12.3 Å². The largest absolute Gasteiger partial charge is 0.391 e. The Morgan fingerprint density at radius 3 is 2.13 bits per heavy atom. The highest BCUT2D eigenvalue weighted by Gasteiger charge is 2.45. The number of nitrogens with zero attached hydrogens (tertiary/aromatic N) is 6. The number of carbonyl (C=O) groups excluding carboxylic acids is 5. The molecule has 0 radical (unpaired) electrons. The monoisotopic (exact) mass is 1100 g/mol. The predicted octanol–water partition coefficient (Wildman–Crippen LogP) is 2.13. The zero-order valence-electron chi connectivity index (χ0n) is 45.3. The first-order valence-electron chi connectivity index (χ1n) is 26.6. The highest BCUT2D eigenvalue weighted by molar-refractivity contribution is 7.13. The molecule has 78 heavy (non-hydrogen) atoms. The number of nitrogens with one attached hydrogen (secondary N) is 4. The fourth-order valence-electron chi connectivity index (χ4n) is 9.33. The number of amides is 5. The summed E-state index contributed by atoms with van der Waals surface area (Å²) in [5, 5.41) is 33.0. The van der Waals surface area contributed by atoms with Crippen molar-refractivity contribution in [2.24, 2.45) is 5.41 Å². The molecule has 4 aromatic rings. The molecule has 5 heterocycles. The van der Waals surface area contributed by atoms with Crippen LogP contribution in [0.4, 0.5) is 5.82 Å². The topological polar surface area (TPSA) is 268 Å². The molecule has 23 heteroatoms. The van der Waals surface area contributed by atoms with E-state index in [0.717, 1.165) is 41.2 Å². The first-order valence-corrected chi connectivity index (χ1v) is 27.5. The van der Waals surface area contributed by atoms with Crippen molar-refractivity contribution < 1.29 is 57.9 Å². The van der Waals surface area contributed by atoms with Crippen molar-refractivity contribution in [3.05, 3.63) is 94.5 Å². The van der Waals surface area contributed by atoms with E-state index in [1.807, 2.05) is 76.5 Å². The van der Waals surface area contributed by atoms with Gasteiger partial charge in [-0.15, -0.1) is 11.3 Å². The number of aliphatic hydroxyl groups is 2. The van der Waals surface area contributed by atoms with Gasteiger partial charge in [-0.05, 0) is 47.9 Å². The summed E-state index contributed by atoms with van der Waals surface area (Å²) in [5.41, 5.74) is 6.74. The van der Waals surface area contributed by atoms with Gasteiger partial charge in [0.05, 0.1) is 93.2 Å². The van der Waals surface area contributed by atoms with E-state index in [1.54, 1.807) is 22.3 Å². The lowest BCUT2D eigenvalue weighted by Gasteiger charge is -2.39. The molecule has 5 amide bonds. The SMILES string of the molecule is Cc1ncsc1-c1ccc([C@H](C)NC(=O)[C@H]2C[C@H](O)CN2C(=O)[C@@H](NC(=O)COCCOCCOCCOCCOCC(=O)N2CC(Nc3cc(C(=O)NC[C@H](O)CN4CCc5ccccc5C4)ncn3)C2)C(C)(C)C)cc1. The summed E-state index contributed by atoms with van der Waals surface area (Å²) < 4.78 is 27.7. The van der Waals surface area contributed by atoms with Gasteiger partial charge < -0.3 is 65.0 Å². The molecule has 2 fully saturated rings. The van der Waals surface area contributed by atoms with E-state index in [1.165, 1.54) is 22.4 Å². The molecule has 2 aromatic heterocycles. The van der Waals surface area contributed by atoms with Crippen LogP contribution in [0.3, 0.4) is 0 Å². The molecule has 5 atom stereocenters. The number of likely N-dealkylation sites (tertiary alicyclic amines) is 2. The summed E-state index contributed by atoms with van der Waals surface area (Å²) in [4.78, 5) is 85.0. The van der Waals surface area contributed by atoms with Gasteiger partial charge in [0, 0.05) is 58.3 Å². The molecule has 3 aliphatic rings. The summed E-state index contributed by atoms with van der Waals surface area (Å²) in [7, 11) is 0. The molecule has 0 bridgehead atoms. The Hall–Kier alpha value is -6.02. The van der Waals surface area contributed by atoms with E-state index in [9.17, 15) is 34.2 Å². The number of ether oxygens (including phenoxy) is 5. The van der Waals surface area contributed by atoms with Crippen LogP contribution in [-0.2, 0) is 55.8 Å². The highest BCUT2D eigenvalue weighted by Crippen LogP contribution is 2.30. The number of aromatic nitrogens is 3. The molecule has 424 valence electrons. The fraction of sp³-hybridized carbons (Fsp3) is 0.564. The Kier molecular flexibility index (Phi) is 22.4. The zero-order valence-corrected chi connectivity index (χ0v) is 46.1. The summed E-state index contributed by atoms with van der Waals surface area (Å²) in [6.07, 6.45) is 0.690. The Bertz CT molecular complexity index is 2600. The van der Waals surface area contributed by atoms with Crippen LogP contribution in [0.15, 0.2) is 66.4 Å². The van der Waals surface area contributed by atoms with E-state index < -0.39 is 47.4 Å². The van der Waals surface area contributed by atoms with Gasteiger partial charge in [-0.25, -0.2) is 15.0 Å².